The Bertz CT molecular complexity index is 1460. The van der Waals surface area contributed by atoms with Crippen molar-refractivity contribution in [3.8, 4) is 10.7 Å². The van der Waals surface area contributed by atoms with E-state index in [2.05, 4.69) is 15.3 Å². The monoisotopic (exact) mass is 584 g/mol. The van der Waals surface area contributed by atoms with Crippen molar-refractivity contribution in [3.63, 3.8) is 0 Å². The van der Waals surface area contributed by atoms with Gasteiger partial charge in [0.2, 0.25) is 0 Å². The van der Waals surface area contributed by atoms with Crippen molar-refractivity contribution in [2.45, 2.75) is 41.0 Å². The van der Waals surface area contributed by atoms with Crippen molar-refractivity contribution >= 4 is 41.3 Å². The van der Waals surface area contributed by atoms with E-state index in [0.29, 0.717) is 16.3 Å². The Morgan fingerprint density at radius 1 is 1.18 bits per heavy atom. The molecule has 2 aromatic carbocycles. The molecular weight excluding hydrogens is 560 g/mol. The minimum absolute atomic E-state index is 0.0594. The Morgan fingerprint density at radius 3 is 2.54 bits per heavy atom. The summed E-state index contributed by atoms with van der Waals surface area (Å²) in [6, 6.07) is 18.8. The van der Waals surface area contributed by atoms with Crippen LogP contribution in [0.4, 0.5) is 0 Å². The summed E-state index contributed by atoms with van der Waals surface area (Å²) >= 11 is 13.4. The third kappa shape index (κ3) is 3.91. The largest absolute Gasteiger partial charge is 0.364 e. The third-order valence-corrected chi connectivity index (χ3v) is 8.98. The number of carbonyl (C=O) groups excluding carboxylic acids is 1. The standard InChI is InChI=1S/C27H25ClN4O5S2/c1-17(33)27(34-2)24(38)37-25(28)16-35-22(18-9-5-3-6-10-18)36-23(25)26(27,19-11-7-4-8-12-19)32-15-20(30-31-32)21-29-13-14-39-21/h3-15,22-24,38H,16H2,1-2H3/t22?,23-,24+,25-,26?,27-/m0/s1. The first-order valence-corrected chi connectivity index (χ1v) is 14.0. The summed E-state index contributed by atoms with van der Waals surface area (Å²) < 4.78 is 26.8. The molecule has 4 aromatic rings. The Kier molecular flexibility index (Phi) is 6.87. The van der Waals surface area contributed by atoms with Gasteiger partial charge in [0, 0.05) is 24.3 Å². The average Bonchev–Trinajstić information content (AvgIpc) is 3.66. The molecule has 0 amide bonds. The molecule has 2 aliphatic rings. The molecule has 0 radical (unpaired) electrons. The number of alkyl halides is 1. The van der Waals surface area contributed by atoms with E-state index in [1.807, 2.05) is 66.0 Å². The smallest absolute Gasteiger partial charge is 0.195 e. The summed E-state index contributed by atoms with van der Waals surface area (Å²) in [6.07, 6.45) is 1.54. The van der Waals surface area contributed by atoms with Crippen molar-refractivity contribution in [2.24, 2.45) is 0 Å². The molecule has 2 fully saturated rings. The molecule has 0 spiro atoms. The van der Waals surface area contributed by atoms with E-state index >= 15 is 0 Å². The van der Waals surface area contributed by atoms with Crippen LogP contribution in [0.25, 0.3) is 10.7 Å². The van der Waals surface area contributed by atoms with Gasteiger partial charge in [-0.2, -0.15) is 0 Å². The number of aromatic nitrogens is 4. The Hall–Kier alpha value is -2.64. The van der Waals surface area contributed by atoms with Crippen LogP contribution in [-0.2, 0) is 29.3 Å². The van der Waals surface area contributed by atoms with Crippen LogP contribution in [0.2, 0.25) is 0 Å². The van der Waals surface area contributed by atoms with Crippen molar-refractivity contribution in [1.29, 1.82) is 0 Å². The zero-order chi connectivity index (χ0) is 27.3. The highest BCUT2D eigenvalue weighted by molar-refractivity contribution is 7.80. The number of hydrogen-bond acceptors (Lipinski definition) is 10. The molecule has 2 aliphatic heterocycles. The Labute approximate surface area is 239 Å². The second-order valence-electron chi connectivity index (χ2n) is 9.34. The molecule has 0 bridgehead atoms. The lowest BCUT2D eigenvalue weighted by Crippen LogP contribution is -2.80. The molecule has 6 rings (SSSR count). The maximum Gasteiger partial charge on any atom is 0.195 e. The lowest BCUT2D eigenvalue weighted by molar-refractivity contribution is -0.350. The maximum atomic E-state index is 13.8. The number of thiazole rings is 1. The SMILES string of the molecule is CO[C@@]1(C(C)=O)[C@@H](S)O[C@@]2(Cl)COC(c3ccccc3)O[C@@H]2C1(c1ccccc1)n1cc(-c2nccs2)nn1. The molecule has 12 heteroatoms. The van der Waals surface area contributed by atoms with E-state index in [0.717, 1.165) is 5.56 Å². The highest BCUT2D eigenvalue weighted by Crippen LogP contribution is 2.58. The number of rotatable bonds is 6. The van der Waals surface area contributed by atoms with Crippen LogP contribution in [0, 0.1) is 0 Å². The molecular formula is C27H25ClN4O5S2. The van der Waals surface area contributed by atoms with Gasteiger partial charge in [-0.15, -0.1) is 29.1 Å². The first-order valence-electron chi connectivity index (χ1n) is 12.2. The van der Waals surface area contributed by atoms with Crippen LogP contribution < -0.4 is 0 Å². The van der Waals surface area contributed by atoms with Gasteiger partial charge in [-0.1, -0.05) is 77.5 Å². The third-order valence-electron chi connectivity index (χ3n) is 7.32. The number of methoxy groups -OCH3 is 1. The number of ether oxygens (including phenoxy) is 4. The van der Waals surface area contributed by atoms with Crippen LogP contribution in [-0.4, -0.2) is 61.7 Å². The maximum absolute atomic E-state index is 13.8. The number of Topliss-reactive ketones (excluding diaryl/α,β-unsaturated/α-hetero) is 1. The highest BCUT2D eigenvalue weighted by Gasteiger charge is 2.76. The summed E-state index contributed by atoms with van der Waals surface area (Å²) in [7, 11) is 1.44. The molecule has 4 heterocycles. The van der Waals surface area contributed by atoms with Crippen molar-refractivity contribution in [2.75, 3.05) is 13.7 Å². The van der Waals surface area contributed by atoms with Crippen molar-refractivity contribution in [3.05, 3.63) is 89.6 Å². The Morgan fingerprint density at radius 2 is 1.90 bits per heavy atom. The number of carbonyl (C=O) groups is 1. The van der Waals surface area contributed by atoms with E-state index in [1.165, 1.54) is 25.4 Å². The van der Waals surface area contributed by atoms with Crippen molar-refractivity contribution in [1.82, 2.24) is 20.0 Å². The van der Waals surface area contributed by atoms with E-state index in [4.69, 9.17) is 43.2 Å². The molecule has 39 heavy (non-hydrogen) atoms. The summed E-state index contributed by atoms with van der Waals surface area (Å²) in [4.78, 5) is 18.2. The predicted molar refractivity (Wildman–Crippen MR) is 148 cm³/mol. The summed E-state index contributed by atoms with van der Waals surface area (Å²) in [5.41, 5.74) is -2.50. The quantitative estimate of drug-likeness (QED) is 0.262. The number of thiol groups is 1. The predicted octanol–water partition coefficient (Wildman–Crippen LogP) is 4.45. The Balaban J connectivity index is 1.66. The topological polar surface area (TPSA) is 97.6 Å². The zero-order valence-electron chi connectivity index (χ0n) is 21.0. The second kappa shape index (κ2) is 10.1. The normalized spacial score (nSPS) is 32.5. The molecule has 2 aromatic heterocycles. The van der Waals surface area contributed by atoms with Gasteiger partial charge in [0.15, 0.2) is 28.3 Å². The number of hydrogen-bond donors (Lipinski definition) is 1. The fraction of sp³-hybridized carbons (Fsp3) is 0.333. The van der Waals surface area contributed by atoms with Crippen molar-refractivity contribution < 1.29 is 23.7 Å². The molecule has 6 atom stereocenters. The number of nitrogens with zero attached hydrogens (tertiary/aromatic N) is 4. The lowest BCUT2D eigenvalue weighted by Gasteiger charge is -2.62. The molecule has 2 saturated heterocycles. The first kappa shape index (κ1) is 26.6. The molecule has 9 nitrogen and oxygen atoms in total. The number of ketones is 1. The summed E-state index contributed by atoms with van der Waals surface area (Å²) in [5, 5.41) is 9.93. The van der Waals surface area contributed by atoms with Crippen LogP contribution >= 0.6 is 35.6 Å². The second-order valence-corrected chi connectivity index (χ2v) is 11.3. The van der Waals surface area contributed by atoms with Gasteiger partial charge >= 0.3 is 0 Å². The molecule has 0 saturated carbocycles. The first-order chi connectivity index (χ1) is 18.9. The number of halogens is 1. The summed E-state index contributed by atoms with van der Waals surface area (Å²) in [5.74, 6) is -0.356. The van der Waals surface area contributed by atoms with Gasteiger partial charge < -0.3 is 18.9 Å². The number of fused-ring (bicyclic) bond motifs is 1. The molecule has 2 unspecified atom stereocenters. The summed E-state index contributed by atoms with van der Waals surface area (Å²) in [6.45, 7) is 1.37. The van der Waals surface area contributed by atoms with Gasteiger partial charge in [0.1, 0.15) is 22.2 Å². The van der Waals surface area contributed by atoms with E-state index in [9.17, 15) is 4.79 Å². The van der Waals surface area contributed by atoms with Gasteiger partial charge in [0.25, 0.3) is 0 Å². The van der Waals surface area contributed by atoms with Gasteiger partial charge in [0.05, 0.1) is 12.8 Å². The van der Waals surface area contributed by atoms with Crippen LogP contribution in [0.15, 0.2) is 78.4 Å². The van der Waals surface area contributed by atoms with Gasteiger partial charge in [-0.3, -0.25) is 4.79 Å². The minimum atomic E-state index is -1.76. The van der Waals surface area contributed by atoms with Gasteiger partial charge in [-0.25, -0.2) is 9.67 Å². The van der Waals surface area contributed by atoms with Crippen LogP contribution in [0.3, 0.4) is 0 Å². The van der Waals surface area contributed by atoms with E-state index < -0.39 is 34.0 Å². The fourth-order valence-electron chi connectivity index (χ4n) is 5.68. The average molecular weight is 585 g/mol. The molecule has 202 valence electrons. The molecule has 0 aliphatic carbocycles. The van der Waals surface area contributed by atoms with E-state index in [1.54, 1.807) is 17.1 Å². The van der Waals surface area contributed by atoms with Gasteiger partial charge in [-0.05, 0) is 12.5 Å². The highest BCUT2D eigenvalue weighted by atomic mass is 35.5. The van der Waals surface area contributed by atoms with Crippen LogP contribution in [0.1, 0.15) is 24.3 Å². The molecule has 0 N–H and O–H groups in total. The van der Waals surface area contributed by atoms with Crippen LogP contribution in [0.5, 0.6) is 0 Å². The fourth-order valence-corrected chi connectivity index (χ4v) is 7.36. The van der Waals surface area contributed by atoms with E-state index in [-0.39, 0.29) is 12.4 Å². The minimum Gasteiger partial charge on any atom is -0.364 e. The zero-order valence-corrected chi connectivity index (χ0v) is 23.5. The number of benzene rings is 2. The lowest BCUT2D eigenvalue weighted by atomic mass is 9.65.